The molecule has 0 unspecified atom stereocenters. The Kier molecular flexibility index (Phi) is 5.84. The van der Waals surface area contributed by atoms with Crippen molar-refractivity contribution in [2.75, 3.05) is 18.1 Å². The number of nitrogens with zero attached hydrogens (tertiary/aromatic N) is 2. The Morgan fingerprint density at radius 1 is 1.47 bits per heavy atom. The lowest BCUT2D eigenvalue weighted by molar-refractivity contribution is -0.141. The molecule has 0 aliphatic heterocycles. The summed E-state index contributed by atoms with van der Waals surface area (Å²) in [6, 6.07) is 7.64. The zero-order chi connectivity index (χ0) is 14.4. The molecule has 0 radical (unpaired) electrons. The van der Waals surface area contributed by atoms with Crippen molar-refractivity contribution in [1.29, 1.82) is 5.26 Å². The van der Waals surface area contributed by atoms with Crippen molar-refractivity contribution < 1.29 is 9.53 Å². The van der Waals surface area contributed by atoms with E-state index in [2.05, 4.69) is 22.0 Å². The molecule has 1 aromatic rings. The van der Waals surface area contributed by atoms with E-state index < -0.39 is 0 Å². The molecule has 0 fully saturated rings. The van der Waals surface area contributed by atoms with Gasteiger partial charge in [0.2, 0.25) is 0 Å². The van der Waals surface area contributed by atoms with Gasteiger partial charge in [-0.05, 0) is 39.0 Å². The van der Waals surface area contributed by atoms with Crippen molar-refractivity contribution in [3.8, 4) is 6.07 Å². The number of hydrogen-bond acceptors (Lipinski definition) is 4. The van der Waals surface area contributed by atoms with Crippen LogP contribution in [0.5, 0.6) is 0 Å². The molecule has 19 heavy (non-hydrogen) atoms. The molecule has 102 valence electrons. The molecule has 0 heterocycles. The van der Waals surface area contributed by atoms with Gasteiger partial charge in [0.25, 0.3) is 0 Å². The van der Waals surface area contributed by atoms with Crippen LogP contribution in [-0.4, -0.2) is 25.2 Å². The number of ether oxygens (including phenoxy) is 1. The maximum absolute atomic E-state index is 11.6. The van der Waals surface area contributed by atoms with Gasteiger partial charge in [0.1, 0.15) is 6.54 Å². The molecule has 0 bridgehead atoms. The monoisotopic (exact) mass is 324 g/mol. The van der Waals surface area contributed by atoms with Crippen molar-refractivity contribution in [3.63, 3.8) is 0 Å². The van der Waals surface area contributed by atoms with Crippen molar-refractivity contribution in [2.45, 2.75) is 26.8 Å². The fourth-order valence-corrected chi connectivity index (χ4v) is 2.20. The molecular formula is C14H17BrN2O2. The van der Waals surface area contributed by atoms with Gasteiger partial charge in [-0.3, -0.25) is 4.79 Å². The largest absolute Gasteiger partial charge is 0.465 e. The molecule has 0 N–H and O–H groups in total. The number of carbonyl (C=O) groups excluding carboxylic acids is 1. The van der Waals surface area contributed by atoms with E-state index in [-0.39, 0.29) is 18.6 Å². The molecule has 1 rings (SSSR count). The van der Waals surface area contributed by atoms with Gasteiger partial charge in [0.05, 0.1) is 18.2 Å². The highest BCUT2D eigenvalue weighted by Gasteiger charge is 2.16. The van der Waals surface area contributed by atoms with Gasteiger partial charge in [-0.25, -0.2) is 0 Å². The summed E-state index contributed by atoms with van der Waals surface area (Å²) in [6.45, 7) is 6.31. The van der Waals surface area contributed by atoms with Crippen LogP contribution in [0, 0.1) is 11.3 Å². The van der Waals surface area contributed by atoms with Gasteiger partial charge in [0.15, 0.2) is 0 Å². The number of esters is 1. The second-order valence-corrected chi connectivity index (χ2v) is 5.25. The number of carbonyl (C=O) groups is 1. The smallest absolute Gasteiger partial charge is 0.325 e. The van der Waals surface area contributed by atoms with Gasteiger partial charge in [-0.15, -0.1) is 0 Å². The first-order chi connectivity index (χ1) is 8.97. The summed E-state index contributed by atoms with van der Waals surface area (Å²) < 4.78 is 5.79. The molecule has 0 aromatic heterocycles. The Morgan fingerprint density at radius 3 is 2.68 bits per heavy atom. The summed E-state index contributed by atoms with van der Waals surface area (Å²) in [4.78, 5) is 13.5. The van der Waals surface area contributed by atoms with Crippen molar-refractivity contribution in [2.24, 2.45) is 0 Å². The van der Waals surface area contributed by atoms with Crippen LogP contribution in [-0.2, 0) is 9.53 Å². The molecule has 0 saturated heterocycles. The van der Waals surface area contributed by atoms with Crippen molar-refractivity contribution >= 4 is 27.6 Å². The third kappa shape index (κ3) is 4.56. The molecule has 0 aliphatic carbocycles. The minimum Gasteiger partial charge on any atom is -0.465 e. The number of rotatable bonds is 5. The summed E-state index contributed by atoms with van der Waals surface area (Å²) in [5.74, 6) is -0.269. The fourth-order valence-electron chi connectivity index (χ4n) is 1.72. The topological polar surface area (TPSA) is 53.3 Å². The lowest BCUT2D eigenvalue weighted by atomic mass is 10.1. The van der Waals surface area contributed by atoms with Gasteiger partial charge in [-0.2, -0.15) is 5.26 Å². The molecule has 0 atom stereocenters. The lowest BCUT2D eigenvalue weighted by Crippen LogP contribution is -2.36. The summed E-state index contributed by atoms with van der Waals surface area (Å²) in [5.41, 5.74) is 1.38. The summed E-state index contributed by atoms with van der Waals surface area (Å²) in [5, 5.41) is 8.99. The fraction of sp³-hybridized carbons (Fsp3) is 0.429. The standard InChI is InChI=1S/C14H17BrN2O2/c1-4-19-14(18)9-17(10(2)3)13-6-11(8-16)5-12(15)7-13/h5-7,10H,4,9H2,1-3H3. The summed E-state index contributed by atoms with van der Waals surface area (Å²) in [7, 11) is 0. The average molecular weight is 325 g/mol. The van der Waals surface area contributed by atoms with E-state index in [1.165, 1.54) is 0 Å². The molecule has 0 aliphatic rings. The maximum atomic E-state index is 11.6. The Labute approximate surface area is 122 Å². The second-order valence-electron chi connectivity index (χ2n) is 4.34. The van der Waals surface area contributed by atoms with Crippen LogP contribution < -0.4 is 4.90 Å². The van der Waals surface area contributed by atoms with E-state index in [0.717, 1.165) is 10.2 Å². The minimum absolute atomic E-state index is 0.130. The maximum Gasteiger partial charge on any atom is 0.325 e. The van der Waals surface area contributed by atoms with Gasteiger partial charge < -0.3 is 9.64 Å². The van der Waals surface area contributed by atoms with Crippen molar-refractivity contribution in [1.82, 2.24) is 0 Å². The third-order valence-corrected chi connectivity index (χ3v) is 3.03. The SMILES string of the molecule is CCOC(=O)CN(c1cc(Br)cc(C#N)c1)C(C)C. The first kappa shape index (κ1) is 15.5. The van der Waals surface area contributed by atoms with Crippen LogP contribution in [0.1, 0.15) is 26.3 Å². The number of halogens is 1. The summed E-state index contributed by atoms with van der Waals surface area (Å²) >= 11 is 3.37. The number of nitriles is 1. The van der Waals surface area contributed by atoms with E-state index in [9.17, 15) is 4.79 Å². The highest BCUT2D eigenvalue weighted by atomic mass is 79.9. The number of benzene rings is 1. The molecule has 0 amide bonds. The zero-order valence-electron chi connectivity index (χ0n) is 11.3. The molecular weight excluding hydrogens is 308 g/mol. The predicted octanol–water partition coefficient (Wildman–Crippen LogP) is 3.10. The number of hydrogen-bond donors (Lipinski definition) is 0. The van der Waals surface area contributed by atoms with E-state index >= 15 is 0 Å². The highest BCUT2D eigenvalue weighted by Crippen LogP contribution is 2.24. The Morgan fingerprint density at radius 2 is 2.16 bits per heavy atom. The van der Waals surface area contributed by atoms with Crippen LogP contribution in [0.4, 0.5) is 5.69 Å². The molecule has 4 nitrogen and oxygen atoms in total. The van der Waals surface area contributed by atoms with Crippen LogP contribution >= 0.6 is 15.9 Å². The Bertz CT molecular complexity index is 495. The first-order valence-electron chi connectivity index (χ1n) is 6.10. The third-order valence-electron chi connectivity index (χ3n) is 2.57. The molecule has 5 heteroatoms. The first-order valence-corrected chi connectivity index (χ1v) is 6.90. The quantitative estimate of drug-likeness (QED) is 0.781. The highest BCUT2D eigenvalue weighted by molar-refractivity contribution is 9.10. The van der Waals surface area contributed by atoms with E-state index in [0.29, 0.717) is 12.2 Å². The zero-order valence-corrected chi connectivity index (χ0v) is 12.9. The van der Waals surface area contributed by atoms with E-state index in [4.69, 9.17) is 10.00 Å². The Hall–Kier alpha value is -1.54. The minimum atomic E-state index is -0.269. The summed E-state index contributed by atoms with van der Waals surface area (Å²) in [6.07, 6.45) is 0. The van der Waals surface area contributed by atoms with E-state index in [1.807, 2.05) is 24.8 Å². The van der Waals surface area contributed by atoms with Crippen LogP contribution in [0.25, 0.3) is 0 Å². The van der Waals surface area contributed by atoms with Crippen LogP contribution in [0.3, 0.4) is 0 Å². The normalized spacial score (nSPS) is 10.1. The molecule has 1 aromatic carbocycles. The number of anilines is 1. The van der Waals surface area contributed by atoms with Gasteiger partial charge >= 0.3 is 5.97 Å². The Balaban J connectivity index is 3.03. The second kappa shape index (κ2) is 7.15. The van der Waals surface area contributed by atoms with Gasteiger partial charge in [-0.1, -0.05) is 15.9 Å². The molecule has 0 spiro atoms. The lowest BCUT2D eigenvalue weighted by Gasteiger charge is -2.28. The molecule has 0 saturated carbocycles. The van der Waals surface area contributed by atoms with E-state index in [1.54, 1.807) is 19.1 Å². The predicted molar refractivity (Wildman–Crippen MR) is 78.0 cm³/mol. The van der Waals surface area contributed by atoms with Crippen LogP contribution in [0.15, 0.2) is 22.7 Å². The average Bonchev–Trinajstić information content (AvgIpc) is 2.35. The van der Waals surface area contributed by atoms with Gasteiger partial charge in [0, 0.05) is 16.2 Å². The van der Waals surface area contributed by atoms with Crippen LogP contribution in [0.2, 0.25) is 0 Å². The van der Waals surface area contributed by atoms with Crippen molar-refractivity contribution in [3.05, 3.63) is 28.2 Å².